The zero-order chi connectivity index (χ0) is 13.9. The van der Waals surface area contributed by atoms with Crippen molar-refractivity contribution in [2.75, 3.05) is 13.1 Å². The molecule has 19 heavy (non-hydrogen) atoms. The van der Waals surface area contributed by atoms with Crippen LogP contribution in [0.5, 0.6) is 0 Å². The van der Waals surface area contributed by atoms with Crippen LogP contribution in [0.2, 0.25) is 5.02 Å². The molecular weight excluding hydrogens is 284 g/mol. The minimum Gasteiger partial charge on any atom is -0.314 e. The van der Waals surface area contributed by atoms with E-state index in [4.69, 9.17) is 11.6 Å². The predicted molar refractivity (Wildman–Crippen MR) is 77.0 cm³/mol. The molecular formula is C13H19ClN2O2S. The van der Waals surface area contributed by atoms with Crippen molar-refractivity contribution in [2.24, 2.45) is 0 Å². The molecule has 2 rings (SSSR count). The molecule has 0 radical (unpaired) electrons. The molecule has 0 aliphatic carbocycles. The summed E-state index contributed by atoms with van der Waals surface area (Å²) < 4.78 is 27.0. The van der Waals surface area contributed by atoms with Gasteiger partial charge in [0.25, 0.3) is 0 Å². The molecule has 0 amide bonds. The van der Waals surface area contributed by atoms with Gasteiger partial charge in [0.15, 0.2) is 0 Å². The fourth-order valence-corrected chi connectivity index (χ4v) is 3.86. The van der Waals surface area contributed by atoms with Gasteiger partial charge in [-0.25, -0.2) is 13.1 Å². The summed E-state index contributed by atoms with van der Waals surface area (Å²) in [5.74, 6) is 0. The van der Waals surface area contributed by atoms with Crippen LogP contribution in [0.4, 0.5) is 0 Å². The fraction of sp³-hybridized carbons (Fsp3) is 0.538. The molecule has 1 atom stereocenters. The van der Waals surface area contributed by atoms with Gasteiger partial charge in [0.1, 0.15) is 0 Å². The maximum absolute atomic E-state index is 12.2. The van der Waals surface area contributed by atoms with Crippen molar-refractivity contribution in [3.8, 4) is 0 Å². The van der Waals surface area contributed by atoms with E-state index in [9.17, 15) is 8.42 Å². The van der Waals surface area contributed by atoms with Gasteiger partial charge in [-0.3, -0.25) is 0 Å². The van der Waals surface area contributed by atoms with Gasteiger partial charge in [0.2, 0.25) is 10.0 Å². The molecule has 1 aliphatic heterocycles. The largest absolute Gasteiger partial charge is 0.314 e. The molecule has 4 nitrogen and oxygen atoms in total. The van der Waals surface area contributed by atoms with Crippen molar-refractivity contribution in [3.63, 3.8) is 0 Å². The molecule has 1 saturated heterocycles. The molecule has 0 bridgehead atoms. The lowest BCUT2D eigenvalue weighted by Crippen LogP contribution is -2.31. The minimum absolute atomic E-state index is 0.263. The van der Waals surface area contributed by atoms with Crippen LogP contribution in [-0.2, 0) is 10.0 Å². The Morgan fingerprint density at radius 1 is 1.47 bits per heavy atom. The van der Waals surface area contributed by atoms with E-state index in [0.717, 1.165) is 19.4 Å². The number of hydrogen-bond donors (Lipinski definition) is 2. The predicted octanol–water partition coefficient (Wildman–Crippen LogP) is 2.07. The second-order valence-electron chi connectivity index (χ2n) is 4.89. The van der Waals surface area contributed by atoms with Crippen LogP contribution in [0.1, 0.15) is 24.8 Å². The summed E-state index contributed by atoms with van der Waals surface area (Å²) in [7, 11) is -3.47. The van der Waals surface area contributed by atoms with Gasteiger partial charge in [-0.15, -0.1) is 0 Å². The van der Waals surface area contributed by atoms with Crippen LogP contribution in [-0.4, -0.2) is 27.5 Å². The lowest BCUT2D eigenvalue weighted by atomic mass is 10.2. The van der Waals surface area contributed by atoms with Crippen LogP contribution in [0.25, 0.3) is 0 Å². The van der Waals surface area contributed by atoms with Crippen molar-refractivity contribution in [1.82, 2.24) is 10.0 Å². The SMILES string of the molecule is Cc1ccc(Cl)cc1S(=O)(=O)NCCC1CCCN1. The van der Waals surface area contributed by atoms with E-state index in [1.165, 1.54) is 12.5 Å². The molecule has 1 aromatic rings. The average molecular weight is 303 g/mol. The van der Waals surface area contributed by atoms with Gasteiger partial charge in [-0.1, -0.05) is 17.7 Å². The molecule has 1 fully saturated rings. The Morgan fingerprint density at radius 3 is 2.95 bits per heavy atom. The number of benzene rings is 1. The molecule has 1 aromatic carbocycles. The van der Waals surface area contributed by atoms with Crippen LogP contribution in [0, 0.1) is 6.92 Å². The quantitative estimate of drug-likeness (QED) is 0.875. The summed E-state index contributed by atoms with van der Waals surface area (Å²) >= 11 is 5.86. The van der Waals surface area contributed by atoms with E-state index in [1.807, 2.05) is 0 Å². The number of nitrogens with one attached hydrogen (secondary N) is 2. The van der Waals surface area contributed by atoms with E-state index >= 15 is 0 Å². The highest BCUT2D eigenvalue weighted by Gasteiger charge is 2.19. The average Bonchev–Trinajstić information content (AvgIpc) is 2.85. The minimum atomic E-state index is -3.47. The molecule has 1 aliphatic rings. The van der Waals surface area contributed by atoms with Crippen LogP contribution in [0.15, 0.2) is 23.1 Å². The number of sulfonamides is 1. The molecule has 0 aromatic heterocycles. The topological polar surface area (TPSA) is 58.2 Å². The summed E-state index contributed by atoms with van der Waals surface area (Å²) in [5, 5.41) is 3.78. The zero-order valence-electron chi connectivity index (χ0n) is 10.9. The van der Waals surface area contributed by atoms with E-state index < -0.39 is 10.0 Å². The van der Waals surface area contributed by atoms with Crippen LogP contribution >= 0.6 is 11.6 Å². The molecule has 1 heterocycles. The van der Waals surface area contributed by atoms with Crippen LogP contribution in [0.3, 0.4) is 0 Å². The third-order valence-corrected chi connectivity index (χ3v) is 5.23. The Hall–Kier alpha value is -0.620. The Kier molecular flexibility index (Phi) is 4.84. The van der Waals surface area contributed by atoms with Gasteiger partial charge in [0, 0.05) is 17.6 Å². The Balaban J connectivity index is 1.99. The molecule has 0 saturated carbocycles. The van der Waals surface area contributed by atoms with Gasteiger partial charge >= 0.3 is 0 Å². The summed E-state index contributed by atoms with van der Waals surface area (Å²) in [6.45, 7) is 3.25. The Labute approximate surface area is 119 Å². The smallest absolute Gasteiger partial charge is 0.240 e. The zero-order valence-corrected chi connectivity index (χ0v) is 12.5. The summed E-state index contributed by atoms with van der Waals surface area (Å²) in [5.41, 5.74) is 0.705. The summed E-state index contributed by atoms with van der Waals surface area (Å²) in [6, 6.07) is 5.34. The molecule has 1 unspecified atom stereocenters. The highest BCUT2D eigenvalue weighted by atomic mass is 35.5. The standard InChI is InChI=1S/C13H19ClN2O2S/c1-10-4-5-11(14)9-13(10)19(17,18)16-8-6-12-3-2-7-15-12/h4-5,9,12,15-16H,2-3,6-8H2,1H3. The molecule has 2 N–H and O–H groups in total. The van der Waals surface area contributed by atoms with Crippen LogP contribution < -0.4 is 10.0 Å². The van der Waals surface area contributed by atoms with Gasteiger partial charge < -0.3 is 5.32 Å². The second-order valence-corrected chi connectivity index (χ2v) is 7.06. The Morgan fingerprint density at radius 2 is 2.26 bits per heavy atom. The van der Waals surface area contributed by atoms with Gasteiger partial charge in [-0.2, -0.15) is 0 Å². The molecule has 0 spiro atoms. The third-order valence-electron chi connectivity index (χ3n) is 3.39. The first-order valence-electron chi connectivity index (χ1n) is 6.48. The van der Waals surface area contributed by atoms with Crippen molar-refractivity contribution >= 4 is 21.6 Å². The van der Waals surface area contributed by atoms with E-state index in [0.29, 0.717) is 23.2 Å². The second kappa shape index (κ2) is 6.22. The van der Waals surface area contributed by atoms with Gasteiger partial charge in [0.05, 0.1) is 4.90 Å². The number of rotatable bonds is 5. The maximum atomic E-state index is 12.2. The maximum Gasteiger partial charge on any atom is 0.240 e. The lowest BCUT2D eigenvalue weighted by Gasteiger charge is -2.12. The first-order valence-corrected chi connectivity index (χ1v) is 8.34. The number of aryl methyl sites for hydroxylation is 1. The van der Waals surface area contributed by atoms with E-state index in [2.05, 4.69) is 10.0 Å². The summed E-state index contributed by atoms with van der Waals surface area (Å²) in [4.78, 5) is 0.263. The Bertz CT molecular complexity index is 540. The highest BCUT2D eigenvalue weighted by molar-refractivity contribution is 7.89. The van der Waals surface area contributed by atoms with Crippen molar-refractivity contribution < 1.29 is 8.42 Å². The monoisotopic (exact) mass is 302 g/mol. The van der Waals surface area contributed by atoms with E-state index in [1.54, 1.807) is 19.1 Å². The highest BCUT2D eigenvalue weighted by Crippen LogP contribution is 2.20. The van der Waals surface area contributed by atoms with Gasteiger partial charge in [-0.05, 0) is 50.4 Å². The van der Waals surface area contributed by atoms with E-state index in [-0.39, 0.29) is 4.90 Å². The van der Waals surface area contributed by atoms with Crippen molar-refractivity contribution in [1.29, 1.82) is 0 Å². The number of halogens is 1. The molecule has 106 valence electrons. The summed E-state index contributed by atoms with van der Waals surface area (Å²) in [6.07, 6.45) is 3.11. The number of hydrogen-bond acceptors (Lipinski definition) is 3. The first-order chi connectivity index (χ1) is 8.99. The normalized spacial score (nSPS) is 19.8. The van der Waals surface area contributed by atoms with Crippen molar-refractivity contribution in [2.45, 2.75) is 37.1 Å². The van der Waals surface area contributed by atoms with Crippen molar-refractivity contribution in [3.05, 3.63) is 28.8 Å². The first kappa shape index (κ1) is 14.8. The molecule has 6 heteroatoms. The third kappa shape index (κ3) is 3.92. The fourth-order valence-electron chi connectivity index (χ4n) is 2.31. The lowest BCUT2D eigenvalue weighted by molar-refractivity contribution is 0.539.